The van der Waals surface area contributed by atoms with Gasteiger partial charge in [-0.15, -0.1) is 0 Å². The summed E-state index contributed by atoms with van der Waals surface area (Å²) in [6.07, 6.45) is 0. The zero-order valence-electron chi connectivity index (χ0n) is 6.27. The van der Waals surface area contributed by atoms with E-state index in [1.165, 1.54) is 7.11 Å². The number of hydrogen-bond acceptors (Lipinski definition) is 2. The molecule has 0 fully saturated rings. The average molecular weight is 169 g/mol. The lowest BCUT2D eigenvalue weighted by Crippen LogP contribution is -1.93. The van der Waals surface area contributed by atoms with Crippen LogP contribution in [0.25, 0.3) is 0 Å². The highest BCUT2D eigenvalue weighted by molar-refractivity contribution is 5.44. The Bertz CT molecular complexity index is 344. The van der Waals surface area contributed by atoms with Crippen LogP contribution in [0.4, 0.5) is 8.78 Å². The quantitative estimate of drug-likeness (QED) is 0.642. The minimum absolute atomic E-state index is 0.0880. The fraction of sp³-hybridized carbons (Fsp3) is 0.125. The summed E-state index contributed by atoms with van der Waals surface area (Å²) in [7, 11) is 1.25. The maximum Gasteiger partial charge on any atom is 0.147 e. The Morgan fingerprint density at radius 1 is 1.42 bits per heavy atom. The summed E-state index contributed by atoms with van der Waals surface area (Å²) >= 11 is 0. The predicted molar refractivity (Wildman–Crippen MR) is 37.6 cm³/mol. The molecule has 0 aliphatic heterocycles. The van der Waals surface area contributed by atoms with Gasteiger partial charge < -0.3 is 4.74 Å². The van der Waals surface area contributed by atoms with E-state index < -0.39 is 11.6 Å². The van der Waals surface area contributed by atoms with E-state index in [-0.39, 0.29) is 11.3 Å². The standard InChI is InChI=1S/C8H5F2NO/c1-12-8-3-5(9)2-7(10)6(8)4-11/h2-3H,1H3. The van der Waals surface area contributed by atoms with Crippen LogP contribution >= 0.6 is 0 Å². The van der Waals surface area contributed by atoms with E-state index in [2.05, 4.69) is 4.74 Å². The van der Waals surface area contributed by atoms with Crippen molar-refractivity contribution in [1.82, 2.24) is 0 Å². The molecule has 1 aromatic rings. The minimum Gasteiger partial charge on any atom is -0.495 e. The number of nitrogens with zero attached hydrogens (tertiary/aromatic N) is 1. The summed E-state index contributed by atoms with van der Waals surface area (Å²) in [5, 5.41) is 8.43. The normalized spacial score (nSPS) is 9.17. The topological polar surface area (TPSA) is 33.0 Å². The van der Waals surface area contributed by atoms with E-state index in [1.54, 1.807) is 6.07 Å². The highest BCUT2D eigenvalue weighted by atomic mass is 19.1. The van der Waals surface area contributed by atoms with Crippen LogP contribution in [0.3, 0.4) is 0 Å². The summed E-state index contributed by atoms with van der Waals surface area (Å²) in [5.41, 5.74) is -0.279. The molecule has 0 N–H and O–H groups in total. The molecule has 0 atom stereocenters. The van der Waals surface area contributed by atoms with Gasteiger partial charge in [-0.1, -0.05) is 0 Å². The zero-order chi connectivity index (χ0) is 9.14. The van der Waals surface area contributed by atoms with Crippen LogP contribution in [0.2, 0.25) is 0 Å². The van der Waals surface area contributed by atoms with Crippen LogP contribution < -0.4 is 4.74 Å². The third-order valence-electron chi connectivity index (χ3n) is 1.35. The van der Waals surface area contributed by atoms with Gasteiger partial charge >= 0.3 is 0 Å². The molecule has 0 heterocycles. The highest BCUT2D eigenvalue weighted by Gasteiger charge is 2.10. The second-order valence-corrected chi connectivity index (χ2v) is 2.08. The van der Waals surface area contributed by atoms with Crippen LogP contribution in [-0.4, -0.2) is 7.11 Å². The molecule has 0 unspecified atom stereocenters. The molecule has 0 aromatic heterocycles. The van der Waals surface area contributed by atoms with E-state index >= 15 is 0 Å². The van der Waals surface area contributed by atoms with Crippen molar-refractivity contribution in [1.29, 1.82) is 5.26 Å². The number of ether oxygens (including phenoxy) is 1. The lowest BCUT2D eigenvalue weighted by Gasteiger charge is -2.02. The van der Waals surface area contributed by atoms with Gasteiger partial charge in [-0.2, -0.15) is 5.26 Å². The van der Waals surface area contributed by atoms with Crippen molar-refractivity contribution in [2.24, 2.45) is 0 Å². The number of halogens is 2. The summed E-state index contributed by atoms with van der Waals surface area (Å²) in [5.74, 6) is -1.76. The van der Waals surface area contributed by atoms with Crippen molar-refractivity contribution in [2.45, 2.75) is 0 Å². The summed E-state index contributed by atoms with van der Waals surface area (Å²) in [6.45, 7) is 0. The third-order valence-corrected chi connectivity index (χ3v) is 1.35. The Hall–Kier alpha value is -1.63. The molecule has 0 saturated heterocycles. The van der Waals surface area contributed by atoms with Crippen molar-refractivity contribution in [2.75, 3.05) is 7.11 Å². The maximum absolute atomic E-state index is 12.8. The van der Waals surface area contributed by atoms with E-state index in [1.807, 2.05) is 0 Å². The first-order valence-corrected chi connectivity index (χ1v) is 3.12. The SMILES string of the molecule is COc1cc(F)cc(F)c1C#N. The smallest absolute Gasteiger partial charge is 0.147 e. The Morgan fingerprint density at radius 2 is 2.08 bits per heavy atom. The van der Waals surface area contributed by atoms with Crippen LogP contribution in [0, 0.1) is 23.0 Å². The Labute approximate surface area is 68.0 Å². The van der Waals surface area contributed by atoms with Crippen molar-refractivity contribution < 1.29 is 13.5 Å². The van der Waals surface area contributed by atoms with E-state index in [4.69, 9.17) is 5.26 Å². The summed E-state index contributed by atoms with van der Waals surface area (Å²) in [6, 6.07) is 3.18. The van der Waals surface area contributed by atoms with Gasteiger partial charge in [0, 0.05) is 12.1 Å². The molecule has 0 saturated carbocycles. The lowest BCUT2D eigenvalue weighted by molar-refractivity contribution is 0.405. The molecule has 0 aliphatic rings. The molecule has 0 aliphatic carbocycles. The number of rotatable bonds is 1. The first kappa shape index (κ1) is 8.47. The molecule has 0 amide bonds. The molecular weight excluding hydrogens is 164 g/mol. The monoisotopic (exact) mass is 169 g/mol. The number of nitriles is 1. The molecule has 2 nitrogen and oxygen atoms in total. The van der Waals surface area contributed by atoms with Crippen molar-refractivity contribution in [3.63, 3.8) is 0 Å². The summed E-state index contributed by atoms with van der Waals surface area (Å²) in [4.78, 5) is 0. The number of methoxy groups -OCH3 is 1. The van der Waals surface area contributed by atoms with Gasteiger partial charge in [0.25, 0.3) is 0 Å². The average Bonchev–Trinajstić information content (AvgIpc) is 2.03. The van der Waals surface area contributed by atoms with E-state index in [0.717, 1.165) is 6.07 Å². The van der Waals surface area contributed by atoms with Crippen LogP contribution in [0.15, 0.2) is 12.1 Å². The van der Waals surface area contributed by atoms with E-state index in [0.29, 0.717) is 6.07 Å². The molecule has 12 heavy (non-hydrogen) atoms. The molecule has 1 rings (SSSR count). The highest BCUT2D eigenvalue weighted by Crippen LogP contribution is 2.21. The van der Waals surface area contributed by atoms with Gasteiger partial charge in [-0.05, 0) is 0 Å². The summed E-state index contributed by atoms with van der Waals surface area (Å²) < 4.78 is 29.9. The first-order chi connectivity index (χ1) is 5.69. The van der Waals surface area contributed by atoms with Gasteiger partial charge in [0.15, 0.2) is 0 Å². The number of benzene rings is 1. The zero-order valence-corrected chi connectivity index (χ0v) is 6.27. The van der Waals surface area contributed by atoms with Gasteiger partial charge in [-0.25, -0.2) is 8.78 Å². The van der Waals surface area contributed by atoms with E-state index in [9.17, 15) is 8.78 Å². The van der Waals surface area contributed by atoms with Crippen molar-refractivity contribution >= 4 is 0 Å². The fourth-order valence-electron chi connectivity index (χ4n) is 0.819. The third kappa shape index (κ3) is 1.35. The fourth-order valence-corrected chi connectivity index (χ4v) is 0.819. The Kier molecular flexibility index (Phi) is 2.24. The Balaban J connectivity index is 3.36. The molecule has 1 aromatic carbocycles. The van der Waals surface area contributed by atoms with Gasteiger partial charge in [-0.3, -0.25) is 0 Å². The Morgan fingerprint density at radius 3 is 2.58 bits per heavy atom. The van der Waals surface area contributed by atoms with Gasteiger partial charge in [0.1, 0.15) is 29.0 Å². The largest absolute Gasteiger partial charge is 0.495 e. The molecule has 4 heteroatoms. The molecule has 0 radical (unpaired) electrons. The molecular formula is C8H5F2NO. The van der Waals surface area contributed by atoms with Gasteiger partial charge in [0.05, 0.1) is 7.11 Å². The van der Waals surface area contributed by atoms with Crippen LogP contribution in [0.5, 0.6) is 5.75 Å². The maximum atomic E-state index is 12.8. The number of hydrogen-bond donors (Lipinski definition) is 0. The molecule has 0 spiro atoms. The molecule has 62 valence electrons. The van der Waals surface area contributed by atoms with Crippen LogP contribution in [0.1, 0.15) is 5.56 Å². The second kappa shape index (κ2) is 3.18. The minimum atomic E-state index is -0.908. The molecule has 0 bridgehead atoms. The van der Waals surface area contributed by atoms with Gasteiger partial charge in [0.2, 0.25) is 0 Å². The lowest BCUT2D eigenvalue weighted by atomic mass is 10.2. The van der Waals surface area contributed by atoms with Crippen molar-refractivity contribution in [3.8, 4) is 11.8 Å². The van der Waals surface area contributed by atoms with Crippen LogP contribution in [-0.2, 0) is 0 Å². The van der Waals surface area contributed by atoms with Crippen molar-refractivity contribution in [3.05, 3.63) is 29.3 Å². The second-order valence-electron chi connectivity index (χ2n) is 2.08. The first-order valence-electron chi connectivity index (χ1n) is 3.12. The predicted octanol–water partition coefficient (Wildman–Crippen LogP) is 1.85.